The molecule has 8 nitrogen and oxygen atoms in total. The Labute approximate surface area is 200 Å². The fourth-order valence-electron chi connectivity index (χ4n) is 4.15. The summed E-state index contributed by atoms with van der Waals surface area (Å²) in [7, 11) is 35.7. The molecule has 2 aliphatic rings. The molecule has 1 unspecified atom stereocenters. The van der Waals surface area contributed by atoms with E-state index < -0.39 is 22.1 Å². The minimum absolute atomic E-state index is 0.0231. The summed E-state index contributed by atoms with van der Waals surface area (Å²) in [5.41, 5.74) is -2.01. The van der Waals surface area contributed by atoms with Crippen LogP contribution in [0.5, 0.6) is 0 Å². The van der Waals surface area contributed by atoms with Crippen LogP contribution in [0.4, 0.5) is 5.82 Å². The van der Waals surface area contributed by atoms with E-state index in [1.54, 1.807) is 0 Å². The van der Waals surface area contributed by atoms with Gasteiger partial charge in [-0.15, -0.1) is 0 Å². The summed E-state index contributed by atoms with van der Waals surface area (Å²) in [5, 5.41) is 6.85. The lowest BCUT2D eigenvalue weighted by Crippen LogP contribution is -2.54. The molecule has 2 fully saturated rings. The molecule has 4 heterocycles. The van der Waals surface area contributed by atoms with E-state index in [0.29, 0.717) is 50.7 Å². The standard InChI is InChI=1S/C17H18B6ClN5O3/c18-16(19,20)15(30,17(21,22)23)13-25-10-11(28-4-7-31-8-5-28)26-14(24)27-12(10)29(13)9-3-1-2-6-32-9/h9,30H,1-8H2. The molecule has 0 bridgehead atoms. The highest BCUT2D eigenvalue weighted by atomic mass is 35.5. The van der Waals surface area contributed by atoms with Gasteiger partial charge in [0.25, 0.3) is 0 Å². The number of rotatable bonds is 5. The number of anilines is 1. The number of aromatic nitrogens is 4. The molecule has 1 atom stereocenters. The molecule has 0 aliphatic carbocycles. The summed E-state index contributed by atoms with van der Waals surface area (Å²) < 4.78 is 12.9. The molecule has 32 heavy (non-hydrogen) atoms. The molecule has 2 aromatic heterocycles. The Morgan fingerprint density at radius 2 is 1.59 bits per heavy atom. The number of imidazole rings is 1. The van der Waals surface area contributed by atoms with Crippen LogP contribution in [0.15, 0.2) is 0 Å². The number of ether oxygens (including phenoxy) is 2. The fourth-order valence-corrected chi connectivity index (χ4v) is 4.31. The maximum absolute atomic E-state index is 11.6. The van der Waals surface area contributed by atoms with E-state index in [0.717, 1.165) is 12.8 Å². The third-order valence-corrected chi connectivity index (χ3v) is 5.99. The van der Waals surface area contributed by atoms with Crippen LogP contribution in [0.1, 0.15) is 31.3 Å². The monoisotopic (exact) mass is 441 g/mol. The number of aliphatic hydroxyl groups is 1. The lowest BCUT2D eigenvalue weighted by Gasteiger charge is -2.52. The van der Waals surface area contributed by atoms with Gasteiger partial charge in [0.05, 0.1) is 65.9 Å². The predicted octanol–water partition coefficient (Wildman–Crippen LogP) is -0.639. The molecule has 0 saturated carbocycles. The number of morpholine rings is 1. The van der Waals surface area contributed by atoms with E-state index in [9.17, 15) is 5.11 Å². The number of nitrogens with zero attached hydrogens (tertiary/aromatic N) is 5. The van der Waals surface area contributed by atoms with Gasteiger partial charge in [-0.25, -0.2) is 4.98 Å². The van der Waals surface area contributed by atoms with Crippen LogP contribution in [0.3, 0.4) is 0 Å². The molecule has 154 valence electrons. The van der Waals surface area contributed by atoms with Crippen molar-refractivity contribution in [2.75, 3.05) is 37.8 Å². The molecular formula is C17H18B6ClN5O3. The topological polar surface area (TPSA) is 85.5 Å². The number of hydrogen-bond donors (Lipinski definition) is 1. The highest BCUT2D eigenvalue weighted by molar-refractivity contribution is 6.65. The third-order valence-electron chi connectivity index (χ3n) is 5.83. The van der Waals surface area contributed by atoms with Crippen molar-refractivity contribution in [3.63, 3.8) is 0 Å². The summed E-state index contributed by atoms with van der Waals surface area (Å²) in [5.74, 6) is 0.250. The molecule has 0 spiro atoms. The second-order valence-corrected chi connectivity index (χ2v) is 8.63. The van der Waals surface area contributed by atoms with Gasteiger partial charge in [-0.1, -0.05) is 10.2 Å². The average molecular weight is 441 g/mol. The first kappa shape index (κ1) is 24.0. The van der Waals surface area contributed by atoms with Crippen LogP contribution in [0.2, 0.25) is 15.5 Å². The number of fused-ring (bicyclic) bond motifs is 1. The second kappa shape index (κ2) is 8.60. The highest BCUT2D eigenvalue weighted by Crippen LogP contribution is 2.52. The van der Waals surface area contributed by atoms with Gasteiger partial charge in [0.1, 0.15) is 12.1 Å². The SMILES string of the molecule is [B]C([B])([B])C(O)(c1nc2c(N3CCOCC3)nc(Cl)nc2n1C1CCCCO1)C([B])([B])[B]. The van der Waals surface area contributed by atoms with Crippen molar-refractivity contribution in [2.45, 2.75) is 41.3 Å². The highest BCUT2D eigenvalue weighted by Gasteiger charge is 2.52. The van der Waals surface area contributed by atoms with Crippen LogP contribution in [0.25, 0.3) is 11.2 Å². The van der Waals surface area contributed by atoms with Gasteiger partial charge in [0.15, 0.2) is 17.0 Å². The van der Waals surface area contributed by atoms with E-state index in [1.165, 1.54) is 4.57 Å². The van der Waals surface area contributed by atoms with Crippen molar-refractivity contribution < 1.29 is 14.6 Å². The summed E-state index contributed by atoms with van der Waals surface area (Å²) in [4.78, 5) is 15.3. The molecule has 0 aromatic carbocycles. The summed E-state index contributed by atoms with van der Waals surface area (Å²) in [6, 6.07) is 0. The summed E-state index contributed by atoms with van der Waals surface area (Å²) in [6.45, 7) is 2.59. The van der Waals surface area contributed by atoms with Gasteiger partial charge >= 0.3 is 0 Å². The molecular weight excluding hydrogens is 423 g/mol. The van der Waals surface area contributed by atoms with E-state index in [1.807, 2.05) is 4.90 Å². The Bertz CT molecular complexity index is 972. The second-order valence-electron chi connectivity index (χ2n) is 8.29. The molecule has 12 radical (unpaired) electrons. The van der Waals surface area contributed by atoms with Crippen molar-refractivity contribution in [3.8, 4) is 0 Å². The molecule has 2 aliphatic heterocycles. The van der Waals surface area contributed by atoms with Crippen LogP contribution in [-0.4, -0.2) is 105 Å². The quantitative estimate of drug-likeness (QED) is 0.489. The normalized spacial score (nSPS) is 21.2. The Hall–Kier alpha value is -1.09. The van der Waals surface area contributed by atoms with Gasteiger partial charge in [0.2, 0.25) is 5.28 Å². The van der Waals surface area contributed by atoms with Crippen molar-refractivity contribution in [1.29, 1.82) is 0 Å². The molecule has 0 amide bonds. The maximum atomic E-state index is 11.6. The van der Waals surface area contributed by atoms with Gasteiger partial charge in [-0.3, -0.25) is 4.57 Å². The van der Waals surface area contributed by atoms with Crippen molar-refractivity contribution >= 4 is 75.7 Å². The maximum Gasteiger partial charge on any atom is 0.226 e. The predicted molar refractivity (Wildman–Crippen MR) is 126 cm³/mol. The zero-order chi connectivity index (χ0) is 23.3. The molecule has 15 heteroatoms. The molecule has 2 aromatic rings. The lowest BCUT2D eigenvalue weighted by atomic mass is 9.23. The van der Waals surface area contributed by atoms with E-state index >= 15 is 0 Å². The van der Waals surface area contributed by atoms with Gasteiger partial charge in [-0.2, -0.15) is 9.97 Å². The van der Waals surface area contributed by atoms with Gasteiger partial charge in [0, 0.05) is 19.7 Å². The van der Waals surface area contributed by atoms with E-state index in [4.69, 9.17) is 68.2 Å². The summed E-state index contributed by atoms with van der Waals surface area (Å²) in [6.07, 6.45) is 1.72. The van der Waals surface area contributed by atoms with Crippen molar-refractivity contribution in [1.82, 2.24) is 19.5 Å². The third kappa shape index (κ3) is 4.01. The van der Waals surface area contributed by atoms with E-state index in [-0.39, 0.29) is 16.8 Å². The first-order valence-electron chi connectivity index (χ1n) is 10.3. The van der Waals surface area contributed by atoms with Crippen molar-refractivity contribution in [2.24, 2.45) is 0 Å². The van der Waals surface area contributed by atoms with Gasteiger partial charge in [-0.05, 0) is 30.9 Å². The van der Waals surface area contributed by atoms with Gasteiger partial charge < -0.3 is 19.5 Å². The largest absolute Gasteiger partial charge is 0.385 e. The van der Waals surface area contributed by atoms with Crippen LogP contribution in [-0.2, 0) is 15.1 Å². The Morgan fingerprint density at radius 3 is 2.16 bits per heavy atom. The average Bonchev–Trinajstić information content (AvgIpc) is 3.11. The Morgan fingerprint density at radius 1 is 0.938 bits per heavy atom. The zero-order valence-corrected chi connectivity index (χ0v) is 18.3. The zero-order valence-electron chi connectivity index (χ0n) is 17.6. The number of hydrogen-bond acceptors (Lipinski definition) is 7. The van der Waals surface area contributed by atoms with Crippen LogP contribution < -0.4 is 4.90 Å². The lowest BCUT2D eigenvalue weighted by molar-refractivity contribution is -0.0454. The molecule has 1 N–H and O–H groups in total. The fraction of sp³-hybridized carbons (Fsp3) is 0.706. The minimum Gasteiger partial charge on any atom is -0.385 e. The smallest absolute Gasteiger partial charge is 0.226 e. The summed E-state index contributed by atoms with van der Waals surface area (Å²) >= 11 is 6.28. The van der Waals surface area contributed by atoms with Crippen molar-refractivity contribution in [3.05, 3.63) is 11.1 Å². The molecule has 4 rings (SSSR count). The van der Waals surface area contributed by atoms with E-state index in [2.05, 4.69) is 15.0 Å². The Kier molecular flexibility index (Phi) is 6.46. The van der Waals surface area contributed by atoms with Crippen LogP contribution >= 0.6 is 11.6 Å². The molecule has 2 saturated heterocycles. The first-order valence-corrected chi connectivity index (χ1v) is 10.7. The number of halogens is 1. The first-order chi connectivity index (χ1) is 14.9. The van der Waals surface area contributed by atoms with Crippen LogP contribution in [0, 0.1) is 0 Å². The minimum atomic E-state index is -2.60. The Balaban J connectivity index is 2.03.